The Morgan fingerprint density at radius 1 is 1.33 bits per heavy atom. The lowest BCUT2D eigenvalue weighted by atomic mass is 9.87. The Balaban J connectivity index is 2.27. The van der Waals surface area contributed by atoms with E-state index in [0.717, 1.165) is 17.9 Å². The van der Waals surface area contributed by atoms with E-state index in [-0.39, 0.29) is 0 Å². The summed E-state index contributed by atoms with van der Waals surface area (Å²) in [6.07, 6.45) is 1.34. The number of rotatable bonds is 4. The maximum absolute atomic E-state index is 3.74. The largest absolute Gasteiger partial charge is 0.313 e. The van der Waals surface area contributed by atoms with E-state index in [1.807, 2.05) is 0 Å². The van der Waals surface area contributed by atoms with E-state index in [2.05, 4.69) is 51.7 Å². The first-order valence-corrected chi connectivity index (χ1v) is 7.37. The quantitative estimate of drug-likeness (QED) is 0.793. The SMILES string of the molecule is CC(C)C(C)CNC1CSCC(C)(C)C1. The van der Waals surface area contributed by atoms with Crippen LogP contribution < -0.4 is 5.32 Å². The maximum atomic E-state index is 3.74. The Hall–Kier alpha value is 0.310. The van der Waals surface area contributed by atoms with E-state index >= 15 is 0 Å². The van der Waals surface area contributed by atoms with Crippen LogP contribution in [-0.4, -0.2) is 24.1 Å². The molecule has 0 amide bonds. The van der Waals surface area contributed by atoms with Crippen LogP contribution >= 0.6 is 11.8 Å². The zero-order chi connectivity index (χ0) is 11.5. The first kappa shape index (κ1) is 13.4. The molecule has 0 saturated carbocycles. The van der Waals surface area contributed by atoms with E-state index in [1.165, 1.54) is 24.5 Å². The third kappa shape index (κ3) is 4.78. The van der Waals surface area contributed by atoms with Crippen LogP contribution in [-0.2, 0) is 0 Å². The van der Waals surface area contributed by atoms with Crippen molar-refractivity contribution in [2.45, 2.75) is 47.1 Å². The van der Waals surface area contributed by atoms with Gasteiger partial charge in [-0.05, 0) is 36.0 Å². The molecule has 2 heteroatoms. The fourth-order valence-corrected chi connectivity index (χ4v) is 3.29. The van der Waals surface area contributed by atoms with Crippen LogP contribution in [0.15, 0.2) is 0 Å². The Kier molecular flexibility index (Phi) is 4.98. The molecule has 0 bridgehead atoms. The Morgan fingerprint density at radius 2 is 2.00 bits per heavy atom. The molecule has 0 radical (unpaired) electrons. The van der Waals surface area contributed by atoms with Crippen LogP contribution in [0.1, 0.15) is 41.0 Å². The van der Waals surface area contributed by atoms with E-state index in [0.29, 0.717) is 5.41 Å². The second kappa shape index (κ2) is 5.58. The van der Waals surface area contributed by atoms with Crippen molar-refractivity contribution in [3.05, 3.63) is 0 Å². The lowest BCUT2D eigenvalue weighted by Crippen LogP contribution is -2.42. The van der Waals surface area contributed by atoms with Gasteiger partial charge in [0.2, 0.25) is 0 Å². The standard InChI is InChI=1S/C13H27NS/c1-10(2)11(3)7-14-12-6-13(4,5)9-15-8-12/h10-12,14H,6-9H2,1-5H3. The molecule has 15 heavy (non-hydrogen) atoms. The maximum Gasteiger partial charge on any atom is 0.0163 e. The van der Waals surface area contributed by atoms with E-state index in [1.54, 1.807) is 0 Å². The molecule has 0 aliphatic carbocycles. The Labute approximate surface area is 99.8 Å². The molecular weight excluding hydrogens is 202 g/mol. The lowest BCUT2D eigenvalue weighted by molar-refractivity contribution is 0.296. The van der Waals surface area contributed by atoms with Gasteiger partial charge in [0.05, 0.1) is 0 Å². The molecule has 0 aromatic heterocycles. The summed E-state index contributed by atoms with van der Waals surface area (Å²) in [4.78, 5) is 0. The molecular formula is C13H27NS. The van der Waals surface area contributed by atoms with Gasteiger partial charge in [0, 0.05) is 11.8 Å². The van der Waals surface area contributed by atoms with Crippen LogP contribution in [0.3, 0.4) is 0 Å². The highest BCUT2D eigenvalue weighted by Crippen LogP contribution is 2.33. The minimum absolute atomic E-state index is 0.529. The third-order valence-electron chi connectivity index (χ3n) is 3.48. The summed E-state index contributed by atoms with van der Waals surface area (Å²) in [6, 6.07) is 0.736. The number of hydrogen-bond acceptors (Lipinski definition) is 2. The highest BCUT2D eigenvalue weighted by molar-refractivity contribution is 7.99. The van der Waals surface area contributed by atoms with Crippen molar-refractivity contribution >= 4 is 11.8 Å². The van der Waals surface area contributed by atoms with Gasteiger partial charge in [0.15, 0.2) is 0 Å². The normalized spacial score (nSPS) is 28.0. The van der Waals surface area contributed by atoms with E-state index in [4.69, 9.17) is 0 Å². The fraction of sp³-hybridized carbons (Fsp3) is 1.00. The van der Waals surface area contributed by atoms with Crippen molar-refractivity contribution in [3.8, 4) is 0 Å². The minimum Gasteiger partial charge on any atom is -0.313 e. The van der Waals surface area contributed by atoms with Gasteiger partial charge in [0.1, 0.15) is 0 Å². The van der Waals surface area contributed by atoms with Crippen molar-refractivity contribution in [2.24, 2.45) is 17.3 Å². The average molecular weight is 229 g/mol. The van der Waals surface area contributed by atoms with Gasteiger partial charge in [-0.15, -0.1) is 0 Å². The van der Waals surface area contributed by atoms with Crippen molar-refractivity contribution in [2.75, 3.05) is 18.1 Å². The molecule has 1 fully saturated rings. The summed E-state index contributed by atoms with van der Waals surface area (Å²) in [7, 11) is 0. The van der Waals surface area contributed by atoms with Crippen molar-refractivity contribution in [1.29, 1.82) is 0 Å². The summed E-state index contributed by atoms with van der Waals surface area (Å²) in [6.45, 7) is 12.9. The molecule has 2 atom stereocenters. The summed E-state index contributed by atoms with van der Waals surface area (Å²) < 4.78 is 0. The van der Waals surface area contributed by atoms with Gasteiger partial charge < -0.3 is 5.32 Å². The first-order chi connectivity index (χ1) is 6.91. The van der Waals surface area contributed by atoms with Gasteiger partial charge >= 0.3 is 0 Å². The zero-order valence-electron chi connectivity index (χ0n) is 11.0. The second-order valence-electron chi connectivity index (χ2n) is 6.21. The minimum atomic E-state index is 0.529. The molecule has 2 unspecified atom stereocenters. The topological polar surface area (TPSA) is 12.0 Å². The molecule has 1 aliphatic heterocycles. The molecule has 1 saturated heterocycles. The molecule has 1 aliphatic rings. The molecule has 1 N–H and O–H groups in total. The summed E-state index contributed by atoms with van der Waals surface area (Å²) in [5.74, 6) is 4.21. The number of nitrogens with one attached hydrogen (secondary N) is 1. The summed E-state index contributed by atoms with van der Waals surface area (Å²) in [5.41, 5.74) is 0.529. The number of thioether (sulfide) groups is 1. The van der Waals surface area contributed by atoms with Gasteiger partial charge in [0.25, 0.3) is 0 Å². The predicted octanol–water partition coefficient (Wildman–Crippen LogP) is 3.40. The van der Waals surface area contributed by atoms with Crippen LogP contribution in [0.25, 0.3) is 0 Å². The smallest absolute Gasteiger partial charge is 0.0163 e. The van der Waals surface area contributed by atoms with Gasteiger partial charge in [-0.3, -0.25) is 0 Å². The van der Waals surface area contributed by atoms with E-state index in [9.17, 15) is 0 Å². The molecule has 1 nitrogen and oxygen atoms in total. The molecule has 0 aromatic carbocycles. The van der Waals surface area contributed by atoms with Crippen molar-refractivity contribution < 1.29 is 0 Å². The summed E-state index contributed by atoms with van der Waals surface area (Å²) >= 11 is 2.11. The van der Waals surface area contributed by atoms with Crippen LogP contribution in [0.4, 0.5) is 0 Å². The lowest BCUT2D eigenvalue weighted by Gasteiger charge is -2.36. The van der Waals surface area contributed by atoms with Gasteiger partial charge in [-0.2, -0.15) is 11.8 Å². The van der Waals surface area contributed by atoms with Crippen molar-refractivity contribution in [1.82, 2.24) is 5.32 Å². The highest BCUT2D eigenvalue weighted by atomic mass is 32.2. The monoisotopic (exact) mass is 229 g/mol. The Bertz CT molecular complexity index is 189. The highest BCUT2D eigenvalue weighted by Gasteiger charge is 2.28. The fourth-order valence-electron chi connectivity index (χ4n) is 1.98. The van der Waals surface area contributed by atoms with Crippen molar-refractivity contribution in [3.63, 3.8) is 0 Å². The summed E-state index contributed by atoms with van der Waals surface area (Å²) in [5, 5.41) is 3.74. The average Bonchev–Trinajstić information content (AvgIpc) is 2.12. The molecule has 1 heterocycles. The zero-order valence-corrected chi connectivity index (χ0v) is 11.8. The molecule has 1 rings (SSSR count). The first-order valence-electron chi connectivity index (χ1n) is 6.22. The third-order valence-corrected chi connectivity index (χ3v) is 5.10. The molecule has 0 aromatic rings. The molecule has 0 spiro atoms. The van der Waals surface area contributed by atoms with Crippen LogP contribution in [0.5, 0.6) is 0 Å². The second-order valence-corrected chi connectivity index (χ2v) is 7.24. The van der Waals surface area contributed by atoms with E-state index < -0.39 is 0 Å². The van der Waals surface area contributed by atoms with Gasteiger partial charge in [-0.25, -0.2) is 0 Å². The van der Waals surface area contributed by atoms with Crippen LogP contribution in [0.2, 0.25) is 0 Å². The molecule has 90 valence electrons. The number of hydrogen-bond donors (Lipinski definition) is 1. The predicted molar refractivity (Wildman–Crippen MR) is 71.5 cm³/mol. The van der Waals surface area contributed by atoms with Gasteiger partial charge in [-0.1, -0.05) is 34.6 Å². The van der Waals surface area contributed by atoms with Crippen LogP contribution in [0, 0.1) is 17.3 Å². The Morgan fingerprint density at radius 3 is 2.53 bits per heavy atom.